The Morgan fingerprint density at radius 3 is 2.34 bits per heavy atom. The molecule has 0 saturated heterocycles. The van der Waals surface area contributed by atoms with Crippen LogP contribution < -0.4 is 15.4 Å². The maximum Gasteiger partial charge on any atom is 0.419 e. The summed E-state index contributed by atoms with van der Waals surface area (Å²) in [5.41, 5.74) is -1.71. The lowest BCUT2D eigenvalue weighted by atomic mass is 9.94. The van der Waals surface area contributed by atoms with E-state index in [2.05, 4.69) is 20.6 Å². The van der Waals surface area contributed by atoms with E-state index in [-0.39, 0.29) is 18.3 Å². The van der Waals surface area contributed by atoms with Gasteiger partial charge in [-0.05, 0) is 75.4 Å². The van der Waals surface area contributed by atoms with Gasteiger partial charge >= 0.3 is 12.3 Å². The first kappa shape index (κ1) is 29.2. The maximum atomic E-state index is 14.1. The first-order valence-corrected chi connectivity index (χ1v) is 13.0. The molecule has 1 amide bonds. The largest absolute Gasteiger partial charge is 0.489 e. The molecule has 3 aromatic rings. The zero-order valence-corrected chi connectivity index (χ0v) is 23.1. The standard InChI is InChI=1S/C27H33F3N4O3S/c1-17(2)15-26(6,37-24(35)34-25(3,4)5)16-36-21-8-7-18(13-20(21)27(28,29)30)19-9-10-31-22(14-19)33-23-32-11-12-38-23/h7-14,17H,15-16H2,1-6H3,(H,34,35)(H,31,32,33)/t26-/m0/s1. The van der Waals surface area contributed by atoms with Crippen LogP contribution in [0.2, 0.25) is 0 Å². The highest BCUT2D eigenvalue weighted by Gasteiger charge is 2.37. The molecule has 0 bridgehead atoms. The van der Waals surface area contributed by atoms with Crippen molar-refractivity contribution in [2.45, 2.75) is 65.3 Å². The fourth-order valence-electron chi connectivity index (χ4n) is 3.91. The molecule has 2 aromatic heterocycles. The number of hydrogen-bond donors (Lipinski definition) is 2. The molecular formula is C27H33F3N4O3S. The Morgan fingerprint density at radius 2 is 1.74 bits per heavy atom. The number of nitrogens with zero attached hydrogens (tertiary/aromatic N) is 2. The first-order valence-electron chi connectivity index (χ1n) is 12.1. The van der Waals surface area contributed by atoms with E-state index in [1.54, 1.807) is 36.7 Å². The number of pyridine rings is 1. The summed E-state index contributed by atoms with van der Waals surface area (Å²) in [6, 6.07) is 7.17. The lowest BCUT2D eigenvalue weighted by molar-refractivity contribution is -0.139. The number of benzene rings is 1. The lowest BCUT2D eigenvalue weighted by Gasteiger charge is -2.33. The number of carbonyl (C=O) groups is 1. The number of carbonyl (C=O) groups excluding carboxylic acids is 1. The number of alkyl halides is 3. The van der Waals surface area contributed by atoms with E-state index in [0.717, 1.165) is 6.07 Å². The minimum absolute atomic E-state index is 0.106. The van der Waals surface area contributed by atoms with Gasteiger partial charge < -0.3 is 20.1 Å². The van der Waals surface area contributed by atoms with Crippen LogP contribution in [0.4, 0.5) is 28.9 Å². The van der Waals surface area contributed by atoms with Crippen LogP contribution in [-0.4, -0.2) is 33.8 Å². The van der Waals surface area contributed by atoms with Crippen LogP contribution in [0.5, 0.6) is 5.75 Å². The molecule has 3 rings (SSSR count). The summed E-state index contributed by atoms with van der Waals surface area (Å²) >= 11 is 1.38. The van der Waals surface area contributed by atoms with Crippen LogP contribution in [0.3, 0.4) is 0 Å². The maximum absolute atomic E-state index is 14.1. The van der Waals surface area contributed by atoms with Crippen molar-refractivity contribution >= 4 is 28.4 Å². The van der Waals surface area contributed by atoms with E-state index in [0.29, 0.717) is 28.5 Å². The molecule has 206 valence electrons. The Balaban J connectivity index is 1.85. The van der Waals surface area contributed by atoms with Gasteiger partial charge in [-0.25, -0.2) is 14.8 Å². The number of hydrogen-bond acceptors (Lipinski definition) is 7. The molecule has 0 aliphatic heterocycles. The third kappa shape index (κ3) is 8.61. The summed E-state index contributed by atoms with van der Waals surface area (Å²) in [7, 11) is 0. The average Bonchev–Trinajstić information content (AvgIpc) is 3.28. The first-order chi connectivity index (χ1) is 17.6. The van der Waals surface area contributed by atoms with E-state index < -0.39 is 29.0 Å². The van der Waals surface area contributed by atoms with Crippen LogP contribution >= 0.6 is 11.3 Å². The molecule has 0 saturated carbocycles. The predicted octanol–water partition coefficient (Wildman–Crippen LogP) is 7.68. The van der Waals surface area contributed by atoms with Gasteiger partial charge in [0.25, 0.3) is 0 Å². The summed E-state index contributed by atoms with van der Waals surface area (Å²) in [4.78, 5) is 20.8. The topological polar surface area (TPSA) is 85.4 Å². The molecule has 0 aliphatic carbocycles. The SMILES string of the molecule is CC(C)C[C@@](C)(COc1ccc(-c2ccnc(Nc3nccs3)c2)cc1C(F)(F)F)OC(=O)NC(C)(C)C. The van der Waals surface area contributed by atoms with Gasteiger partial charge in [-0.3, -0.25) is 0 Å². The fraction of sp³-hybridized carbons (Fsp3) is 0.444. The second kappa shape index (κ2) is 11.6. The van der Waals surface area contributed by atoms with Gasteiger partial charge in [0.1, 0.15) is 23.8 Å². The number of aromatic nitrogens is 2. The van der Waals surface area contributed by atoms with Gasteiger partial charge in [0.15, 0.2) is 5.13 Å². The Morgan fingerprint density at radius 1 is 1.03 bits per heavy atom. The highest BCUT2D eigenvalue weighted by Crippen LogP contribution is 2.40. The number of anilines is 2. The molecule has 38 heavy (non-hydrogen) atoms. The number of amides is 1. The molecule has 0 radical (unpaired) electrons. The van der Waals surface area contributed by atoms with E-state index in [1.807, 2.05) is 34.6 Å². The van der Waals surface area contributed by atoms with Crippen molar-refractivity contribution in [3.05, 3.63) is 53.7 Å². The molecular weight excluding hydrogens is 517 g/mol. The Kier molecular flexibility index (Phi) is 8.91. The Labute approximate surface area is 224 Å². The summed E-state index contributed by atoms with van der Waals surface area (Å²) in [5.74, 6) is 0.224. The fourth-order valence-corrected chi connectivity index (χ4v) is 4.45. The van der Waals surface area contributed by atoms with Crippen LogP contribution in [-0.2, 0) is 10.9 Å². The van der Waals surface area contributed by atoms with Crippen molar-refractivity contribution in [1.29, 1.82) is 0 Å². The number of nitrogens with one attached hydrogen (secondary N) is 2. The summed E-state index contributed by atoms with van der Waals surface area (Å²) < 4.78 is 53.6. The van der Waals surface area contributed by atoms with E-state index in [4.69, 9.17) is 9.47 Å². The Bertz CT molecular complexity index is 1230. The van der Waals surface area contributed by atoms with Crippen molar-refractivity contribution in [3.8, 4) is 16.9 Å². The third-order valence-electron chi connectivity index (χ3n) is 5.23. The number of halogens is 3. The second-order valence-corrected chi connectivity index (χ2v) is 11.6. The van der Waals surface area contributed by atoms with Gasteiger partial charge in [-0.15, -0.1) is 11.3 Å². The normalized spacial score (nSPS) is 13.6. The quantitative estimate of drug-likeness (QED) is 0.284. The molecule has 1 atom stereocenters. The zero-order chi connectivity index (χ0) is 28.1. The molecule has 2 heterocycles. The smallest absolute Gasteiger partial charge is 0.419 e. The van der Waals surface area contributed by atoms with Crippen LogP contribution in [0.25, 0.3) is 11.1 Å². The minimum atomic E-state index is -4.67. The molecule has 7 nitrogen and oxygen atoms in total. The second-order valence-electron chi connectivity index (χ2n) is 10.7. The molecule has 0 aliphatic rings. The van der Waals surface area contributed by atoms with E-state index >= 15 is 0 Å². The van der Waals surface area contributed by atoms with Crippen molar-refractivity contribution < 1.29 is 27.4 Å². The molecule has 0 spiro atoms. The summed E-state index contributed by atoms with van der Waals surface area (Å²) in [6.45, 7) is 10.7. The number of ether oxygens (including phenoxy) is 2. The minimum Gasteiger partial charge on any atom is -0.489 e. The van der Waals surface area contributed by atoms with Gasteiger partial charge in [-0.2, -0.15) is 13.2 Å². The summed E-state index contributed by atoms with van der Waals surface area (Å²) in [6.07, 6.45) is -1.77. The third-order valence-corrected chi connectivity index (χ3v) is 5.92. The van der Waals surface area contributed by atoms with Crippen LogP contribution in [0.15, 0.2) is 48.1 Å². The van der Waals surface area contributed by atoms with Gasteiger partial charge in [0, 0.05) is 23.3 Å². The van der Waals surface area contributed by atoms with Gasteiger partial charge in [0.05, 0.1) is 5.56 Å². The van der Waals surface area contributed by atoms with Crippen molar-refractivity contribution in [2.75, 3.05) is 11.9 Å². The molecule has 2 N–H and O–H groups in total. The average molecular weight is 551 g/mol. The number of alkyl carbamates (subject to hydrolysis) is 1. The lowest BCUT2D eigenvalue weighted by Crippen LogP contribution is -2.47. The number of rotatable bonds is 9. The predicted molar refractivity (Wildman–Crippen MR) is 143 cm³/mol. The van der Waals surface area contributed by atoms with Crippen molar-refractivity contribution in [3.63, 3.8) is 0 Å². The van der Waals surface area contributed by atoms with Gasteiger partial charge in [0.2, 0.25) is 0 Å². The van der Waals surface area contributed by atoms with E-state index in [1.165, 1.54) is 23.6 Å². The highest BCUT2D eigenvalue weighted by atomic mass is 32.1. The molecule has 11 heteroatoms. The molecule has 1 aromatic carbocycles. The number of thiazole rings is 1. The van der Waals surface area contributed by atoms with Crippen LogP contribution in [0.1, 0.15) is 53.5 Å². The van der Waals surface area contributed by atoms with Crippen molar-refractivity contribution in [2.24, 2.45) is 5.92 Å². The zero-order valence-electron chi connectivity index (χ0n) is 22.3. The van der Waals surface area contributed by atoms with Gasteiger partial charge in [-0.1, -0.05) is 19.9 Å². The van der Waals surface area contributed by atoms with Crippen LogP contribution in [0, 0.1) is 5.92 Å². The molecule has 0 fully saturated rings. The highest BCUT2D eigenvalue weighted by molar-refractivity contribution is 7.13. The molecule has 0 unspecified atom stereocenters. The Hall–Kier alpha value is -3.34. The summed E-state index contributed by atoms with van der Waals surface area (Å²) in [5, 5.41) is 8.17. The van der Waals surface area contributed by atoms with E-state index in [9.17, 15) is 18.0 Å². The monoisotopic (exact) mass is 550 g/mol. The van der Waals surface area contributed by atoms with Crippen molar-refractivity contribution in [1.82, 2.24) is 15.3 Å².